The smallest absolute Gasteiger partial charge is 0.296 e. The number of aryl methyl sites for hydroxylation is 1. The largest absolute Gasteiger partial charge is 0.329 e. The zero-order valence-corrected chi connectivity index (χ0v) is 15.0. The topological polar surface area (TPSA) is 88.3 Å². The summed E-state index contributed by atoms with van der Waals surface area (Å²) >= 11 is 0. The molecule has 5 rings (SSSR count). The first-order valence-corrected chi connectivity index (χ1v) is 8.81. The molecule has 28 heavy (non-hydrogen) atoms. The number of hydrogen-bond acceptors (Lipinski definition) is 5. The lowest BCUT2D eigenvalue weighted by atomic mass is 10.1. The number of rotatable bonds is 2. The highest BCUT2D eigenvalue weighted by atomic mass is 16.2. The molecule has 0 atom stereocenters. The van der Waals surface area contributed by atoms with Crippen molar-refractivity contribution in [3.63, 3.8) is 0 Å². The van der Waals surface area contributed by atoms with Crippen molar-refractivity contribution in [2.75, 3.05) is 5.01 Å². The molecule has 138 valence electrons. The number of imidazole rings is 1. The van der Waals surface area contributed by atoms with Crippen LogP contribution in [0.3, 0.4) is 0 Å². The Morgan fingerprint density at radius 2 is 1.64 bits per heavy atom. The molecule has 0 unspecified atom stereocenters. The van der Waals surface area contributed by atoms with Crippen molar-refractivity contribution >= 4 is 28.5 Å². The molecule has 0 saturated heterocycles. The number of aromatic amines is 1. The molecule has 0 fully saturated rings. The van der Waals surface area contributed by atoms with Gasteiger partial charge in [0.15, 0.2) is 11.2 Å². The summed E-state index contributed by atoms with van der Waals surface area (Å²) in [7, 11) is 1.59. The normalized spacial score (nSPS) is 13.5. The summed E-state index contributed by atoms with van der Waals surface area (Å²) in [6.07, 6.45) is 0. The Labute approximate surface area is 159 Å². The predicted molar refractivity (Wildman–Crippen MR) is 107 cm³/mol. The monoisotopic (exact) mass is 372 g/mol. The Bertz CT molecular complexity index is 1330. The Kier molecular flexibility index (Phi) is 3.51. The van der Waals surface area contributed by atoms with Gasteiger partial charge in [-0.3, -0.25) is 18.9 Å². The summed E-state index contributed by atoms with van der Waals surface area (Å²) in [6.45, 7) is 0.375. The molecular formula is C20H16N6O2. The highest BCUT2D eigenvalue weighted by Gasteiger charge is 2.27. The summed E-state index contributed by atoms with van der Waals surface area (Å²) in [5.74, 6) is 0.493. The summed E-state index contributed by atoms with van der Waals surface area (Å²) in [6, 6.07) is 19.4. The standard InChI is InChI=1S/C20H16N6O2/c1-24-17-16(18(27)22-20(24)28)25-12-15(13-8-4-2-5-9-13)23-26(19(25)21-17)14-10-6-3-7-11-14/h2-11H,12H2,1H3,(H,22,27,28). The first kappa shape index (κ1) is 16.2. The molecule has 2 aromatic carbocycles. The Morgan fingerprint density at radius 3 is 2.36 bits per heavy atom. The van der Waals surface area contributed by atoms with Crippen molar-refractivity contribution in [1.29, 1.82) is 0 Å². The molecule has 1 N–H and O–H groups in total. The van der Waals surface area contributed by atoms with E-state index in [9.17, 15) is 9.59 Å². The van der Waals surface area contributed by atoms with Crippen LogP contribution >= 0.6 is 0 Å². The van der Waals surface area contributed by atoms with E-state index in [0.29, 0.717) is 23.7 Å². The number of nitrogens with one attached hydrogen (secondary N) is 1. The van der Waals surface area contributed by atoms with Gasteiger partial charge >= 0.3 is 5.69 Å². The van der Waals surface area contributed by atoms with Crippen LogP contribution in [0.5, 0.6) is 0 Å². The predicted octanol–water partition coefficient (Wildman–Crippen LogP) is 1.98. The minimum atomic E-state index is -0.497. The third-order valence-electron chi connectivity index (χ3n) is 4.81. The van der Waals surface area contributed by atoms with Gasteiger partial charge < -0.3 is 0 Å². The van der Waals surface area contributed by atoms with E-state index in [-0.39, 0.29) is 0 Å². The first-order valence-electron chi connectivity index (χ1n) is 8.81. The van der Waals surface area contributed by atoms with Crippen molar-refractivity contribution in [3.8, 4) is 0 Å². The second kappa shape index (κ2) is 6.05. The molecule has 4 aromatic rings. The molecule has 0 amide bonds. The molecule has 3 heterocycles. The molecular weight excluding hydrogens is 356 g/mol. The molecule has 0 aliphatic carbocycles. The number of para-hydroxylation sites is 1. The van der Waals surface area contributed by atoms with Crippen molar-refractivity contribution < 1.29 is 0 Å². The van der Waals surface area contributed by atoms with Crippen LogP contribution in [0.1, 0.15) is 5.56 Å². The summed E-state index contributed by atoms with van der Waals surface area (Å²) in [5, 5.41) is 6.51. The van der Waals surface area contributed by atoms with Gasteiger partial charge in [0.2, 0.25) is 5.95 Å². The summed E-state index contributed by atoms with van der Waals surface area (Å²) in [5.41, 5.74) is 2.29. The molecule has 0 saturated carbocycles. The van der Waals surface area contributed by atoms with E-state index in [1.54, 1.807) is 16.6 Å². The third-order valence-corrected chi connectivity index (χ3v) is 4.81. The third kappa shape index (κ3) is 2.38. The van der Waals surface area contributed by atoms with Gasteiger partial charge in [0, 0.05) is 7.05 Å². The molecule has 0 radical (unpaired) electrons. The van der Waals surface area contributed by atoms with Gasteiger partial charge in [-0.25, -0.2) is 4.79 Å². The van der Waals surface area contributed by atoms with Crippen molar-refractivity contribution in [2.45, 2.75) is 6.54 Å². The molecule has 1 aliphatic rings. The van der Waals surface area contributed by atoms with Gasteiger partial charge in [-0.1, -0.05) is 48.5 Å². The van der Waals surface area contributed by atoms with Gasteiger partial charge in [0.25, 0.3) is 5.56 Å². The second-order valence-electron chi connectivity index (χ2n) is 6.55. The van der Waals surface area contributed by atoms with Gasteiger partial charge in [-0.05, 0) is 17.7 Å². The number of H-pyrrole nitrogens is 1. The van der Waals surface area contributed by atoms with E-state index in [1.165, 1.54) is 4.57 Å². The number of fused-ring (bicyclic) bond motifs is 3. The maximum atomic E-state index is 12.6. The highest BCUT2D eigenvalue weighted by Crippen LogP contribution is 2.31. The van der Waals surface area contributed by atoms with Crippen LogP contribution in [0.2, 0.25) is 0 Å². The van der Waals surface area contributed by atoms with Crippen LogP contribution < -0.4 is 16.3 Å². The number of hydrazone groups is 1. The van der Waals surface area contributed by atoms with E-state index >= 15 is 0 Å². The Hall–Kier alpha value is -3.94. The number of anilines is 2. The lowest BCUT2D eigenvalue weighted by Crippen LogP contribution is -2.31. The van der Waals surface area contributed by atoms with E-state index in [2.05, 4.69) is 9.97 Å². The average Bonchev–Trinajstić information content (AvgIpc) is 3.13. The minimum Gasteiger partial charge on any atom is -0.296 e. The fourth-order valence-corrected chi connectivity index (χ4v) is 3.40. The lowest BCUT2D eigenvalue weighted by molar-refractivity contribution is 0.795. The van der Waals surface area contributed by atoms with Gasteiger partial charge in [-0.2, -0.15) is 15.1 Å². The van der Waals surface area contributed by atoms with E-state index in [1.807, 2.05) is 60.7 Å². The maximum Gasteiger partial charge on any atom is 0.329 e. The highest BCUT2D eigenvalue weighted by molar-refractivity contribution is 6.03. The zero-order chi connectivity index (χ0) is 19.3. The summed E-state index contributed by atoms with van der Waals surface area (Å²) < 4.78 is 3.14. The van der Waals surface area contributed by atoms with Crippen LogP contribution in [0.15, 0.2) is 75.4 Å². The van der Waals surface area contributed by atoms with Crippen molar-refractivity contribution in [3.05, 3.63) is 87.1 Å². The molecule has 0 bridgehead atoms. The molecule has 8 heteroatoms. The number of nitrogens with zero attached hydrogens (tertiary/aromatic N) is 5. The SMILES string of the molecule is Cn1c(=O)[nH]c(=O)c2c1nc1n2CC(c2ccccc2)=NN1c1ccccc1. The molecule has 1 aliphatic heterocycles. The molecule has 0 spiro atoms. The van der Waals surface area contributed by atoms with E-state index < -0.39 is 11.2 Å². The van der Waals surface area contributed by atoms with E-state index in [4.69, 9.17) is 5.10 Å². The number of aromatic nitrogens is 4. The fourth-order valence-electron chi connectivity index (χ4n) is 3.40. The van der Waals surface area contributed by atoms with Crippen LogP contribution in [-0.2, 0) is 13.6 Å². The van der Waals surface area contributed by atoms with Crippen molar-refractivity contribution in [2.24, 2.45) is 12.1 Å². The lowest BCUT2D eigenvalue weighted by Gasteiger charge is -2.26. The molecule has 8 nitrogen and oxygen atoms in total. The Balaban J connectivity index is 1.81. The number of hydrogen-bond donors (Lipinski definition) is 1. The van der Waals surface area contributed by atoms with Gasteiger partial charge in [-0.15, -0.1) is 0 Å². The van der Waals surface area contributed by atoms with Gasteiger partial charge in [0.05, 0.1) is 17.9 Å². The van der Waals surface area contributed by atoms with E-state index in [0.717, 1.165) is 17.0 Å². The average molecular weight is 372 g/mol. The van der Waals surface area contributed by atoms with Gasteiger partial charge in [0.1, 0.15) is 0 Å². The second-order valence-corrected chi connectivity index (χ2v) is 6.55. The Morgan fingerprint density at radius 1 is 0.964 bits per heavy atom. The quantitative estimate of drug-likeness (QED) is 0.583. The van der Waals surface area contributed by atoms with Crippen LogP contribution in [-0.4, -0.2) is 24.8 Å². The molecule has 2 aromatic heterocycles. The number of benzene rings is 2. The summed E-state index contributed by atoms with van der Waals surface area (Å²) in [4.78, 5) is 31.5. The maximum absolute atomic E-state index is 12.6. The van der Waals surface area contributed by atoms with Crippen LogP contribution in [0.4, 0.5) is 11.6 Å². The zero-order valence-electron chi connectivity index (χ0n) is 15.0. The minimum absolute atomic E-state index is 0.328. The van der Waals surface area contributed by atoms with Crippen molar-refractivity contribution in [1.82, 2.24) is 19.1 Å². The fraction of sp³-hybridized carbons (Fsp3) is 0.100. The van der Waals surface area contributed by atoms with Crippen LogP contribution in [0.25, 0.3) is 11.2 Å². The van der Waals surface area contributed by atoms with Crippen LogP contribution in [0, 0.1) is 0 Å². The first-order chi connectivity index (χ1) is 13.6.